The second-order valence-electron chi connectivity index (χ2n) is 3.11. The summed E-state index contributed by atoms with van der Waals surface area (Å²) in [6, 6.07) is 0. The van der Waals surface area contributed by atoms with Gasteiger partial charge in [0.2, 0.25) is 0 Å². The summed E-state index contributed by atoms with van der Waals surface area (Å²) in [6.45, 7) is 3.70. The molecule has 0 aliphatic rings. The molecule has 0 unspecified atom stereocenters. The summed E-state index contributed by atoms with van der Waals surface area (Å²) in [7, 11) is -3.21. The predicted octanol–water partition coefficient (Wildman–Crippen LogP) is 3.62. The molecule has 2 nitrogen and oxygen atoms in total. The number of hydrogen-bond acceptors (Lipinski definition) is 4. The second-order valence-corrected chi connectivity index (χ2v) is 7.84. The highest BCUT2D eigenvalue weighted by molar-refractivity contribution is 8.01. The van der Waals surface area contributed by atoms with E-state index in [4.69, 9.17) is 11.6 Å². The zero-order valence-electron chi connectivity index (χ0n) is 8.83. The molecule has 0 atom stereocenters. The Morgan fingerprint density at radius 2 is 2.07 bits per heavy atom. The molecule has 0 saturated carbocycles. The largest absolute Gasteiger partial charge is 0.224 e. The van der Waals surface area contributed by atoms with Crippen LogP contribution in [-0.2, 0) is 9.84 Å². The third kappa shape index (κ3) is 2.70. The molecule has 0 aliphatic carbocycles. The van der Waals surface area contributed by atoms with Crippen LogP contribution in [0.1, 0.15) is 18.2 Å². The van der Waals surface area contributed by atoms with Gasteiger partial charge in [-0.1, -0.05) is 18.5 Å². The van der Waals surface area contributed by atoms with Gasteiger partial charge in [0.15, 0.2) is 9.84 Å². The van der Waals surface area contributed by atoms with Crippen molar-refractivity contribution in [3.8, 4) is 0 Å². The van der Waals surface area contributed by atoms with Gasteiger partial charge in [-0.15, -0.1) is 23.1 Å². The van der Waals surface area contributed by atoms with Crippen LogP contribution >= 0.6 is 34.7 Å². The van der Waals surface area contributed by atoms with E-state index in [9.17, 15) is 8.42 Å². The van der Waals surface area contributed by atoms with E-state index in [2.05, 4.69) is 0 Å². The summed E-state index contributed by atoms with van der Waals surface area (Å²) in [6.07, 6.45) is 2.48. The smallest absolute Gasteiger partial charge is 0.181 e. The molecule has 6 heteroatoms. The topological polar surface area (TPSA) is 34.1 Å². The van der Waals surface area contributed by atoms with Crippen molar-refractivity contribution in [1.29, 1.82) is 0 Å². The Hall–Kier alpha value is 0.290. The molecule has 0 fully saturated rings. The third-order valence-corrected chi connectivity index (χ3v) is 7.06. The summed E-state index contributed by atoms with van der Waals surface area (Å²) in [5.41, 5.74) is 0. The average Bonchev–Trinajstić information content (AvgIpc) is 2.43. The van der Waals surface area contributed by atoms with Crippen LogP contribution in [0.4, 0.5) is 0 Å². The molecule has 15 heavy (non-hydrogen) atoms. The van der Waals surface area contributed by atoms with Gasteiger partial charge in [0.05, 0.1) is 15.0 Å². The molecule has 0 N–H and O–H groups in total. The van der Waals surface area contributed by atoms with Crippen LogP contribution in [0.25, 0.3) is 0 Å². The molecule has 0 spiro atoms. The first kappa shape index (κ1) is 13.4. The van der Waals surface area contributed by atoms with Gasteiger partial charge < -0.3 is 0 Å². The van der Waals surface area contributed by atoms with Crippen LogP contribution < -0.4 is 0 Å². The van der Waals surface area contributed by atoms with Gasteiger partial charge in [0.1, 0.15) is 4.90 Å². The summed E-state index contributed by atoms with van der Waals surface area (Å²) < 4.78 is 24.7. The number of hydrogen-bond donors (Lipinski definition) is 0. The van der Waals surface area contributed by atoms with Crippen molar-refractivity contribution in [2.75, 3.05) is 12.0 Å². The molecular weight excluding hydrogens is 272 g/mol. The molecule has 0 amide bonds. The molecule has 0 aliphatic heterocycles. The predicted molar refractivity (Wildman–Crippen MR) is 68.2 cm³/mol. The van der Waals surface area contributed by atoms with Gasteiger partial charge in [-0.2, -0.15) is 0 Å². The van der Waals surface area contributed by atoms with Crippen molar-refractivity contribution in [2.24, 2.45) is 0 Å². The van der Waals surface area contributed by atoms with Crippen LogP contribution in [0.15, 0.2) is 9.10 Å². The zero-order valence-corrected chi connectivity index (χ0v) is 12.0. The van der Waals surface area contributed by atoms with Crippen molar-refractivity contribution in [2.45, 2.75) is 29.4 Å². The van der Waals surface area contributed by atoms with E-state index in [1.54, 1.807) is 0 Å². The normalized spacial score (nSPS) is 12.0. The fourth-order valence-corrected chi connectivity index (χ4v) is 6.21. The highest BCUT2D eigenvalue weighted by atomic mass is 35.5. The number of aryl methyl sites for hydroxylation is 1. The maximum absolute atomic E-state index is 12.0. The summed E-state index contributed by atoms with van der Waals surface area (Å²) in [5.74, 6) is 0.163. The first-order valence-electron chi connectivity index (χ1n) is 4.49. The SMILES string of the molecule is CCCS(=O)(=O)c1c(SC)sc(C)c1Cl. The Morgan fingerprint density at radius 3 is 2.53 bits per heavy atom. The van der Waals surface area contributed by atoms with Crippen LogP contribution in [0.3, 0.4) is 0 Å². The van der Waals surface area contributed by atoms with Crippen molar-refractivity contribution in [3.63, 3.8) is 0 Å². The van der Waals surface area contributed by atoms with E-state index in [-0.39, 0.29) is 5.75 Å². The van der Waals surface area contributed by atoms with Crippen molar-refractivity contribution >= 4 is 44.5 Å². The van der Waals surface area contributed by atoms with E-state index in [0.717, 1.165) is 9.09 Å². The van der Waals surface area contributed by atoms with Gasteiger partial charge in [-0.05, 0) is 19.6 Å². The van der Waals surface area contributed by atoms with E-state index < -0.39 is 9.84 Å². The average molecular weight is 285 g/mol. The van der Waals surface area contributed by atoms with E-state index in [1.807, 2.05) is 20.1 Å². The first-order chi connectivity index (χ1) is 6.94. The Morgan fingerprint density at radius 1 is 1.47 bits per heavy atom. The second kappa shape index (κ2) is 5.08. The molecule has 1 heterocycles. The number of thioether (sulfide) groups is 1. The summed E-state index contributed by atoms with van der Waals surface area (Å²) in [4.78, 5) is 1.21. The number of rotatable bonds is 4. The Balaban J connectivity index is 3.35. The minimum absolute atomic E-state index is 0.163. The van der Waals surface area contributed by atoms with Gasteiger partial charge >= 0.3 is 0 Å². The Labute approximate surface area is 104 Å². The van der Waals surface area contributed by atoms with Crippen LogP contribution in [-0.4, -0.2) is 20.4 Å². The number of halogens is 1. The maximum atomic E-state index is 12.0. The molecule has 0 saturated heterocycles. The molecule has 1 aromatic heterocycles. The number of thiophene rings is 1. The van der Waals surface area contributed by atoms with Gasteiger partial charge in [0, 0.05) is 4.88 Å². The van der Waals surface area contributed by atoms with E-state index >= 15 is 0 Å². The lowest BCUT2D eigenvalue weighted by molar-refractivity contribution is 0.593. The molecule has 1 rings (SSSR count). The Bertz CT molecular complexity index is 448. The van der Waals surface area contributed by atoms with E-state index in [0.29, 0.717) is 16.3 Å². The minimum Gasteiger partial charge on any atom is -0.224 e. The lowest BCUT2D eigenvalue weighted by Crippen LogP contribution is -2.06. The molecule has 1 aromatic rings. The first-order valence-corrected chi connectivity index (χ1v) is 8.56. The van der Waals surface area contributed by atoms with Crippen molar-refractivity contribution in [1.82, 2.24) is 0 Å². The molecule has 0 bridgehead atoms. The fourth-order valence-electron chi connectivity index (χ4n) is 1.25. The van der Waals surface area contributed by atoms with Crippen LogP contribution in [0, 0.1) is 6.92 Å². The van der Waals surface area contributed by atoms with E-state index in [1.165, 1.54) is 23.1 Å². The molecule has 0 aromatic carbocycles. The standard InChI is InChI=1S/C9H13ClO2S3/c1-4-5-15(11,12)8-7(10)6(2)14-9(8)13-3/h4-5H2,1-3H3. The summed E-state index contributed by atoms with van der Waals surface area (Å²) >= 11 is 8.91. The lowest BCUT2D eigenvalue weighted by atomic mass is 10.5. The van der Waals surface area contributed by atoms with Crippen LogP contribution in [0.5, 0.6) is 0 Å². The zero-order chi connectivity index (χ0) is 11.6. The highest BCUT2D eigenvalue weighted by Crippen LogP contribution is 2.41. The van der Waals surface area contributed by atoms with Crippen molar-refractivity contribution < 1.29 is 8.42 Å². The van der Waals surface area contributed by atoms with Gasteiger partial charge in [-0.3, -0.25) is 0 Å². The van der Waals surface area contributed by atoms with Crippen LogP contribution in [0.2, 0.25) is 5.02 Å². The van der Waals surface area contributed by atoms with Gasteiger partial charge in [0.25, 0.3) is 0 Å². The quantitative estimate of drug-likeness (QED) is 0.792. The molecule has 0 radical (unpaired) electrons. The maximum Gasteiger partial charge on any atom is 0.181 e. The highest BCUT2D eigenvalue weighted by Gasteiger charge is 2.25. The van der Waals surface area contributed by atoms with Gasteiger partial charge in [-0.25, -0.2) is 8.42 Å². The lowest BCUT2D eigenvalue weighted by Gasteiger charge is -2.03. The fraction of sp³-hybridized carbons (Fsp3) is 0.556. The summed E-state index contributed by atoms with van der Waals surface area (Å²) in [5, 5.41) is 0.401. The third-order valence-electron chi connectivity index (χ3n) is 1.91. The monoisotopic (exact) mass is 284 g/mol. The Kier molecular flexibility index (Phi) is 4.52. The minimum atomic E-state index is -3.21. The number of sulfone groups is 1. The molecule has 86 valence electrons. The molecular formula is C9H13ClO2S3. The van der Waals surface area contributed by atoms with Crippen molar-refractivity contribution in [3.05, 3.63) is 9.90 Å².